The van der Waals surface area contributed by atoms with Crippen molar-refractivity contribution < 1.29 is 19.1 Å². The number of aromatic nitrogens is 4. The van der Waals surface area contributed by atoms with Gasteiger partial charge in [-0.25, -0.2) is 0 Å². The first-order chi connectivity index (χ1) is 19.8. The first kappa shape index (κ1) is 28.6. The average molecular weight is 625 g/mol. The first-order valence-electron chi connectivity index (χ1n) is 13.8. The standard InChI is InChI=1S/C29H34BrN7O4/c1-5-40-23-15-20(14-21(30)27(23)41-16-24(38)36-12-7-6-8-13-36)26-25(19(4)31-29-33-34-35-37(26)29)28(39)32-22-11-9-10-17(2)18(22)3/h9-11,14-15,26H,5-8,12-13,16H2,1-4H3,(H,32,39)(H,31,33,35). The van der Waals surface area contributed by atoms with Gasteiger partial charge in [0.2, 0.25) is 5.95 Å². The molecule has 0 bridgehead atoms. The number of carbonyl (C=O) groups excluding carboxylic acids is 2. The van der Waals surface area contributed by atoms with E-state index in [2.05, 4.69) is 42.1 Å². The van der Waals surface area contributed by atoms with Crippen LogP contribution in [0.15, 0.2) is 46.1 Å². The highest BCUT2D eigenvalue weighted by Crippen LogP contribution is 2.43. The monoisotopic (exact) mass is 623 g/mol. The van der Waals surface area contributed by atoms with Gasteiger partial charge in [0.15, 0.2) is 18.1 Å². The molecule has 2 aliphatic heterocycles. The van der Waals surface area contributed by atoms with Crippen molar-refractivity contribution in [3.8, 4) is 11.5 Å². The largest absolute Gasteiger partial charge is 0.490 e. The summed E-state index contributed by atoms with van der Waals surface area (Å²) in [5, 5.41) is 18.4. The van der Waals surface area contributed by atoms with Crippen LogP contribution in [0.4, 0.5) is 11.6 Å². The van der Waals surface area contributed by atoms with Gasteiger partial charge in [0, 0.05) is 24.5 Å². The summed E-state index contributed by atoms with van der Waals surface area (Å²) in [5.41, 5.74) is 4.58. The number of piperidine rings is 1. The lowest BCUT2D eigenvalue weighted by Crippen LogP contribution is -2.38. The predicted octanol–water partition coefficient (Wildman–Crippen LogP) is 4.77. The molecule has 0 saturated carbocycles. The quantitative estimate of drug-likeness (QED) is 0.368. The maximum Gasteiger partial charge on any atom is 0.260 e. The van der Waals surface area contributed by atoms with Gasteiger partial charge in [-0.1, -0.05) is 17.2 Å². The van der Waals surface area contributed by atoms with Crippen LogP contribution in [0.2, 0.25) is 0 Å². The molecule has 216 valence electrons. The topological polar surface area (TPSA) is 124 Å². The van der Waals surface area contributed by atoms with E-state index in [9.17, 15) is 9.59 Å². The molecule has 1 aromatic heterocycles. The Hall–Kier alpha value is -3.93. The van der Waals surface area contributed by atoms with Crippen LogP contribution in [0.3, 0.4) is 0 Å². The molecule has 41 heavy (non-hydrogen) atoms. The number of allylic oxidation sites excluding steroid dienone is 1. The van der Waals surface area contributed by atoms with Gasteiger partial charge in [-0.15, -0.1) is 0 Å². The Morgan fingerprint density at radius 3 is 2.66 bits per heavy atom. The average Bonchev–Trinajstić information content (AvgIpc) is 3.42. The van der Waals surface area contributed by atoms with Gasteiger partial charge in [-0.2, -0.15) is 4.68 Å². The fraction of sp³-hybridized carbons (Fsp3) is 0.414. The van der Waals surface area contributed by atoms with E-state index in [-0.39, 0.29) is 18.4 Å². The Morgan fingerprint density at radius 2 is 1.90 bits per heavy atom. The molecule has 0 aliphatic carbocycles. The summed E-state index contributed by atoms with van der Waals surface area (Å²) in [4.78, 5) is 28.5. The lowest BCUT2D eigenvalue weighted by atomic mass is 9.94. The summed E-state index contributed by atoms with van der Waals surface area (Å²) in [6.07, 6.45) is 3.16. The number of benzene rings is 2. The van der Waals surface area contributed by atoms with Crippen LogP contribution in [-0.2, 0) is 9.59 Å². The number of nitrogens with one attached hydrogen (secondary N) is 2. The molecule has 1 fully saturated rings. The number of nitrogens with zero attached hydrogens (tertiary/aromatic N) is 5. The van der Waals surface area contributed by atoms with E-state index in [0.717, 1.165) is 49.2 Å². The van der Waals surface area contributed by atoms with E-state index in [1.807, 2.05) is 62.9 Å². The van der Waals surface area contributed by atoms with Crippen LogP contribution < -0.4 is 20.1 Å². The van der Waals surface area contributed by atoms with Crippen molar-refractivity contribution in [2.75, 3.05) is 36.9 Å². The molecule has 3 aromatic rings. The van der Waals surface area contributed by atoms with Gasteiger partial charge in [0.25, 0.3) is 11.8 Å². The summed E-state index contributed by atoms with van der Waals surface area (Å²) < 4.78 is 14.1. The zero-order valence-corrected chi connectivity index (χ0v) is 25.2. The van der Waals surface area contributed by atoms with Crippen LogP contribution in [0.5, 0.6) is 11.5 Å². The number of aryl methyl sites for hydroxylation is 1. The smallest absolute Gasteiger partial charge is 0.260 e. The number of hydrogen-bond donors (Lipinski definition) is 2. The van der Waals surface area contributed by atoms with Gasteiger partial charge < -0.3 is 25.0 Å². The third-order valence-corrected chi connectivity index (χ3v) is 8.10. The molecule has 1 unspecified atom stereocenters. The third kappa shape index (κ3) is 5.92. The van der Waals surface area contributed by atoms with Crippen LogP contribution in [-0.4, -0.2) is 63.2 Å². The summed E-state index contributed by atoms with van der Waals surface area (Å²) in [6.45, 7) is 9.47. The number of ether oxygens (including phenoxy) is 2. The van der Waals surface area contributed by atoms with Crippen LogP contribution in [0, 0.1) is 13.8 Å². The van der Waals surface area contributed by atoms with E-state index in [4.69, 9.17) is 9.47 Å². The zero-order chi connectivity index (χ0) is 29.1. The molecule has 2 N–H and O–H groups in total. The van der Waals surface area contributed by atoms with Crippen molar-refractivity contribution in [3.63, 3.8) is 0 Å². The summed E-state index contributed by atoms with van der Waals surface area (Å²) in [7, 11) is 0. The summed E-state index contributed by atoms with van der Waals surface area (Å²) >= 11 is 3.63. The number of anilines is 2. The van der Waals surface area contributed by atoms with E-state index >= 15 is 0 Å². The van der Waals surface area contributed by atoms with Crippen molar-refractivity contribution in [2.24, 2.45) is 0 Å². The molecule has 1 saturated heterocycles. The second kappa shape index (κ2) is 12.3. The van der Waals surface area contributed by atoms with Crippen molar-refractivity contribution in [3.05, 3.63) is 62.8 Å². The minimum absolute atomic E-state index is 0.0521. The zero-order valence-electron chi connectivity index (χ0n) is 23.7. The van der Waals surface area contributed by atoms with E-state index in [1.165, 1.54) is 0 Å². The van der Waals surface area contributed by atoms with E-state index < -0.39 is 6.04 Å². The second-order valence-electron chi connectivity index (χ2n) is 10.2. The number of tetrazole rings is 1. The number of amides is 2. The molecule has 3 heterocycles. The van der Waals surface area contributed by atoms with Gasteiger partial charge in [0.1, 0.15) is 6.04 Å². The predicted molar refractivity (Wildman–Crippen MR) is 158 cm³/mol. The molecular formula is C29H34BrN7O4. The van der Waals surface area contributed by atoms with E-state index in [1.54, 1.807) is 4.68 Å². The minimum Gasteiger partial charge on any atom is -0.490 e. The maximum absolute atomic E-state index is 13.8. The Bertz CT molecular complexity index is 1500. The highest BCUT2D eigenvalue weighted by Gasteiger charge is 2.35. The first-order valence-corrected chi connectivity index (χ1v) is 14.6. The Balaban J connectivity index is 1.49. The molecule has 2 aromatic carbocycles. The third-order valence-electron chi connectivity index (χ3n) is 7.51. The maximum atomic E-state index is 13.8. The van der Waals surface area contributed by atoms with Crippen molar-refractivity contribution in [2.45, 2.75) is 53.0 Å². The van der Waals surface area contributed by atoms with Crippen molar-refractivity contribution in [1.82, 2.24) is 25.1 Å². The SMILES string of the molecule is CCOc1cc(C2C(C(=O)Nc3cccc(C)c3C)=C(C)Nc3nnnn32)cc(Br)c1OCC(=O)N1CCCCC1. The second-order valence-corrected chi connectivity index (χ2v) is 11.1. The van der Waals surface area contributed by atoms with E-state index in [0.29, 0.717) is 45.4 Å². The number of fused-ring (bicyclic) bond motifs is 1. The van der Waals surface area contributed by atoms with Crippen molar-refractivity contribution in [1.29, 1.82) is 0 Å². The Kier molecular flexibility index (Phi) is 8.57. The van der Waals surface area contributed by atoms with Gasteiger partial charge in [-0.05, 0) is 108 Å². The normalized spacial score (nSPS) is 16.6. The lowest BCUT2D eigenvalue weighted by molar-refractivity contribution is -0.134. The molecular weight excluding hydrogens is 590 g/mol. The van der Waals surface area contributed by atoms with Crippen LogP contribution in [0.1, 0.15) is 55.8 Å². The van der Waals surface area contributed by atoms with Gasteiger partial charge in [-0.3, -0.25) is 9.59 Å². The lowest BCUT2D eigenvalue weighted by Gasteiger charge is -2.29. The van der Waals surface area contributed by atoms with Crippen molar-refractivity contribution >= 4 is 39.4 Å². The Morgan fingerprint density at radius 1 is 1.12 bits per heavy atom. The Labute approximate surface area is 247 Å². The molecule has 2 amide bonds. The van der Waals surface area contributed by atoms with Crippen LogP contribution >= 0.6 is 15.9 Å². The fourth-order valence-corrected chi connectivity index (χ4v) is 5.78. The number of carbonyl (C=O) groups is 2. The van der Waals surface area contributed by atoms with Gasteiger partial charge >= 0.3 is 0 Å². The molecule has 0 radical (unpaired) electrons. The molecule has 0 spiro atoms. The molecule has 11 nitrogen and oxygen atoms in total. The molecule has 1 atom stereocenters. The number of hydrogen-bond acceptors (Lipinski definition) is 8. The summed E-state index contributed by atoms with van der Waals surface area (Å²) in [6, 6.07) is 8.80. The highest BCUT2D eigenvalue weighted by molar-refractivity contribution is 9.10. The molecule has 12 heteroatoms. The van der Waals surface area contributed by atoms with Crippen LogP contribution in [0.25, 0.3) is 0 Å². The molecule has 5 rings (SSSR count). The fourth-order valence-electron chi connectivity index (χ4n) is 5.21. The summed E-state index contributed by atoms with van der Waals surface area (Å²) in [5.74, 6) is 0.954. The van der Waals surface area contributed by atoms with Gasteiger partial charge in [0.05, 0.1) is 16.7 Å². The minimum atomic E-state index is -0.661. The number of rotatable bonds is 8. The number of halogens is 1. The highest BCUT2D eigenvalue weighted by atomic mass is 79.9. The number of likely N-dealkylation sites (tertiary alicyclic amines) is 1. The molecule has 2 aliphatic rings.